The molecule has 0 radical (unpaired) electrons. The van der Waals surface area contributed by atoms with Crippen molar-refractivity contribution in [3.63, 3.8) is 0 Å². The number of ether oxygens (including phenoxy) is 1. The number of benzene rings is 3. The summed E-state index contributed by atoms with van der Waals surface area (Å²) in [6.45, 7) is 1.60. The maximum absolute atomic E-state index is 12.5. The van der Waals surface area contributed by atoms with Gasteiger partial charge in [-0.15, -0.1) is 0 Å². The average molecular weight is 450 g/mol. The van der Waals surface area contributed by atoms with Gasteiger partial charge >= 0.3 is 5.97 Å². The van der Waals surface area contributed by atoms with Gasteiger partial charge in [-0.1, -0.05) is 42.5 Å². The van der Waals surface area contributed by atoms with E-state index in [1.807, 2.05) is 42.5 Å². The van der Waals surface area contributed by atoms with Crippen LogP contribution < -0.4 is 4.31 Å². The fraction of sp³-hybridized carbons (Fsp3) is 0.200. The summed E-state index contributed by atoms with van der Waals surface area (Å²) in [5.74, 6) is -0.881. The smallest absolute Gasteiger partial charge is 0.338 e. The third kappa shape index (κ3) is 4.43. The van der Waals surface area contributed by atoms with Crippen molar-refractivity contribution >= 4 is 27.5 Å². The van der Waals surface area contributed by atoms with Gasteiger partial charge in [-0.3, -0.25) is 9.10 Å². The first-order valence-electron chi connectivity index (χ1n) is 10.4. The highest BCUT2D eigenvalue weighted by molar-refractivity contribution is 7.92. The molecule has 1 heterocycles. The summed E-state index contributed by atoms with van der Waals surface area (Å²) in [6.07, 6.45) is 0.545. The Bertz CT molecular complexity index is 1250. The van der Waals surface area contributed by atoms with E-state index >= 15 is 0 Å². The Morgan fingerprint density at radius 2 is 1.56 bits per heavy atom. The van der Waals surface area contributed by atoms with Gasteiger partial charge in [-0.05, 0) is 60.4 Å². The molecule has 0 saturated heterocycles. The van der Waals surface area contributed by atoms with E-state index in [2.05, 4.69) is 0 Å². The molecule has 0 atom stereocenters. The molecular weight excluding hydrogens is 426 g/mol. The summed E-state index contributed by atoms with van der Waals surface area (Å²) in [5, 5.41) is 0. The molecule has 0 N–H and O–H groups in total. The molecule has 0 fully saturated rings. The van der Waals surface area contributed by atoms with Crippen molar-refractivity contribution in [1.82, 2.24) is 0 Å². The summed E-state index contributed by atoms with van der Waals surface area (Å²) < 4.78 is 31.0. The van der Waals surface area contributed by atoms with Gasteiger partial charge in [0, 0.05) is 12.1 Å². The first-order valence-corrected chi connectivity index (χ1v) is 12.0. The highest BCUT2D eigenvalue weighted by Crippen LogP contribution is 2.31. The zero-order chi connectivity index (χ0) is 22.7. The molecule has 32 heavy (non-hydrogen) atoms. The van der Waals surface area contributed by atoms with Crippen LogP contribution >= 0.6 is 0 Å². The van der Waals surface area contributed by atoms with Crippen molar-refractivity contribution in [2.45, 2.75) is 13.3 Å². The number of sulfonamides is 1. The van der Waals surface area contributed by atoms with Crippen LogP contribution in [0.25, 0.3) is 11.1 Å². The van der Waals surface area contributed by atoms with Gasteiger partial charge in [0.2, 0.25) is 10.0 Å². The van der Waals surface area contributed by atoms with E-state index in [9.17, 15) is 18.0 Å². The van der Waals surface area contributed by atoms with Crippen LogP contribution in [0, 0.1) is 0 Å². The second kappa shape index (κ2) is 8.96. The Morgan fingerprint density at radius 3 is 2.25 bits per heavy atom. The van der Waals surface area contributed by atoms with E-state index in [1.165, 1.54) is 4.31 Å². The third-order valence-corrected chi connectivity index (χ3v) is 7.30. The Kier molecular flexibility index (Phi) is 6.10. The monoisotopic (exact) mass is 449 g/mol. The van der Waals surface area contributed by atoms with Crippen molar-refractivity contribution in [3.8, 4) is 11.1 Å². The van der Waals surface area contributed by atoms with Crippen molar-refractivity contribution in [2.24, 2.45) is 0 Å². The normalized spacial score (nSPS) is 13.0. The lowest BCUT2D eigenvalue weighted by Gasteiger charge is -2.18. The molecule has 1 aliphatic rings. The van der Waals surface area contributed by atoms with Gasteiger partial charge in [-0.25, -0.2) is 13.2 Å². The van der Waals surface area contributed by atoms with Crippen molar-refractivity contribution in [3.05, 3.63) is 89.5 Å². The number of carbonyl (C=O) groups excluding carboxylic acids is 2. The Labute approximate surface area is 187 Å². The zero-order valence-corrected chi connectivity index (χ0v) is 18.5. The topological polar surface area (TPSA) is 80.8 Å². The van der Waals surface area contributed by atoms with Crippen molar-refractivity contribution < 1.29 is 22.7 Å². The number of ketones is 1. The first-order chi connectivity index (χ1) is 15.4. The fourth-order valence-electron chi connectivity index (χ4n) is 3.72. The number of rotatable bonds is 7. The molecular formula is C25H23NO5S. The zero-order valence-electron chi connectivity index (χ0n) is 17.7. The molecule has 1 aliphatic heterocycles. The van der Waals surface area contributed by atoms with Gasteiger partial charge in [-0.2, -0.15) is 0 Å². The lowest BCUT2D eigenvalue weighted by Crippen LogP contribution is -2.30. The predicted octanol–water partition coefficient (Wildman–Crippen LogP) is 4.11. The molecule has 7 heteroatoms. The second-order valence-electron chi connectivity index (χ2n) is 7.51. The Morgan fingerprint density at radius 1 is 0.906 bits per heavy atom. The minimum atomic E-state index is -3.34. The summed E-state index contributed by atoms with van der Waals surface area (Å²) in [6, 6.07) is 21.7. The molecule has 0 aromatic heterocycles. The van der Waals surface area contributed by atoms with Crippen LogP contribution in [-0.4, -0.2) is 39.1 Å². The quantitative estimate of drug-likeness (QED) is 0.401. The summed E-state index contributed by atoms with van der Waals surface area (Å²) in [7, 11) is -3.34. The standard InChI is InChI=1S/C25H23NO5S/c1-2-32(29,30)26-15-14-21-16-22(12-13-23(21)26)24(27)17-31-25(28)20-10-8-19(9-11-20)18-6-4-3-5-7-18/h3-13,16H,2,14-15,17H2,1H3. The van der Waals surface area contributed by atoms with E-state index in [1.54, 1.807) is 37.3 Å². The molecule has 3 aromatic rings. The number of nitrogens with zero attached hydrogens (tertiary/aromatic N) is 1. The van der Waals surface area contributed by atoms with E-state index in [0.29, 0.717) is 29.8 Å². The fourth-order valence-corrected chi connectivity index (χ4v) is 4.88. The Balaban J connectivity index is 1.39. The SMILES string of the molecule is CCS(=O)(=O)N1CCc2cc(C(=O)COC(=O)c3ccc(-c4ccccc4)cc3)ccc21. The number of carbonyl (C=O) groups is 2. The van der Waals surface area contributed by atoms with Crippen molar-refractivity contribution in [1.29, 1.82) is 0 Å². The number of hydrogen-bond acceptors (Lipinski definition) is 5. The van der Waals surface area contributed by atoms with E-state index in [4.69, 9.17) is 4.74 Å². The lowest BCUT2D eigenvalue weighted by atomic mass is 10.0. The number of esters is 1. The summed E-state index contributed by atoms with van der Waals surface area (Å²) in [4.78, 5) is 24.9. The van der Waals surface area contributed by atoms with E-state index < -0.39 is 16.0 Å². The molecule has 3 aromatic carbocycles. The van der Waals surface area contributed by atoms with E-state index in [0.717, 1.165) is 16.7 Å². The minimum absolute atomic E-state index is 0.0232. The van der Waals surface area contributed by atoms with Crippen LogP contribution in [0.4, 0.5) is 5.69 Å². The largest absolute Gasteiger partial charge is 0.454 e. The van der Waals surface area contributed by atoms with Gasteiger partial charge in [0.25, 0.3) is 0 Å². The van der Waals surface area contributed by atoms with E-state index in [-0.39, 0.29) is 18.1 Å². The van der Waals surface area contributed by atoms with Crippen LogP contribution in [0.2, 0.25) is 0 Å². The lowest BCUT2D eigenvalue weighted by molar-refractivity contribution is 0.0475. The molecule has 4 rings (SSSR count). The molecule has 0 amide bonds. The van der Waals surface area contributed by atoms with Gasteiger partial charge in [0.05, 0.1) is 17.0 Å². The third-order valence-electron chi connectivity index (χ3n) is 5.52. The maximum atomic E-state index is 12.5. The summed E-state index contributed by atoms with van der Waals surface area (Å²) in [5.41, 5.74) is 4.20. The van der Waals surface area contributed by atoms with Crippen LogP contribution in [0.15, 0.2) is 72.8 Å². The molecule has 0 aliphatic carbocycles. The molecule has 164 valence electrons. The van der Waals surface area contributed by atoms with Crippen LogP contribution in [-0.2, 0) is 21.2 Å². The predicted molar refractivity (Wildman–Crippen MR) is 123 cm³/mol. The highest BCUT2D eigenvalue weighted by atomic mass is 32.2. The highest BCUT2D eigenvalue weighted by Gasteiger charge is 2.28. The first kappa shape index (κ1) is 21.8. The van der Waals surface area contributed by atoms with Gasteiger partial charge < -0.3 is 4.74 Å². The number of anilines is 1. The molecule has 0 bridgehead atoms. The number of fused-ring (bicyclic) bond motifs is 1. The van der Waals surface area contributed by atoms with Gasteiger partial charge in [0.1, 0.15) is 0 Å². The average Bonchev–Trinajstić information content (AvgIpc) is 3.27. The molecule has 0 unspecified atom stereocenters. The molecule has 0 saturated carbocycles. The second-order valence-corrected chi connectivity index (χ2v) is 9.69. The molecule has 0 spiro atoms. The Hall–Kier alpha value is -3.45. The summed E-state index contributed by atoms with van der Waals surface area (Å²) >= 11 is 0. The van der Waals surface area contributed by atoms with Crippen LogP contribution in [0.5, 0.6) is 0 Å². The molecule has 6 nitrogen and oxygen atoms in total. The minimum Gasteiger partial charge on any atom is -0.454 e. The number of Topliss-reactive ketones (excluding diaryl/α,β-unsaturated/α-hetero) is 1. The van der Waals surface area contributed by atoms with Crippen LogP contribution in [0.3, 0.4) is 0 Å². The maximum Gasteiger partial charge on any atom is 0.338 e. The van der Waals surface area contributed by atoms with Crippen molar-refractivity contribution in [2.75, 3.05) is 23.2 Å². The van der Waals surface area contributed by atoms with Gasteiger partial charge in [0.15, 0.2) is 12.4 Å². The number of hydrogen-bond donors (Lipinski definition) is 0. The van der Waals surface area contributed by atoms with Crippen LogP contribution in [0.1, 0.15) is 33.2 Å².